The van der Waals surface area contributed by atoms with E-state index in [4.69, 9.17) is 9.47 Å². The highest BCUT2D eigenvalue weighted by atomic mass is 16.6. The number of hydrogen-bond acceptors (Lipinski definition) is 6. The first-order valence-corrected chi connectivity index (χ1v) is 11.2. The van der Waals surface area contributed by atoms with Gasteiger partial charge in [-0.3, -0.25) is 4.79 Å². The van der Waals surface area contributed by atoms with Crippen molar-refractivity contribution in [2.24, 2.45) is 0 Å². The van der Waals surface area contributed by atoms with Gasteiger partial charge in [0.2, 0.25) is 12.2 Å². The third kappa shape index (κ3) is 6.56. The number of rotatable bonds is 8. The zero-order chi connectivity index (χ0) is 26.4. The molecule has 36 heavy (non-hydrogen) atoms. The quantitative estimate of drug-likeness (QED) is 0.450. The second kappa shape index (κ2) is 11.3. The smallest absolute Gasteiger partial charge is 0.349 e. The van der Waals surface area contributed by atoms with Crippen molar-refractivity contribution >= 4 is 29.5 Å². The van der Waals surface area contributed by atoms with Crippen molar-refractivity contribution in [3.05, 3.63) is 100 Å². The van der Waals surface area contributed by atoms with Crippen LogP contribution in [0.1, 0.15) is 43.0 Å². The lowest BCUT2D eigenvalue weighted by molar-refractivity contribution is -0.157. The van der Waals surface area contributed by atoms with E-state index in [0.717, 1.165) is 22.3 Å². The molecule has 8 heteroatoms. The fraction of sp³-hybridized carbons (Fsp3) is 0.214. The summed E-state index contributed by atoms with van der Waals surface area (Å²) in [6, 6.07) is 17.9. The SMILES string of the molecule is Cc1cccc(C(=O)OC(C(=O)O)C(OC(=O)c2cccc(C)c2)C(=O)Nc2ccc(C)c(C)c2)c1. The number of carbonyl (C=O) groups is 4. The van der Waals surface area contributed by atoms with Crippen LogP contribution in [0, 0.1) is 27.7 Å². The number of anilines is 1. The van der Waals surface area contributed by atoms with E-state index in [-0.39, 0.29) is 11.1 Å². The number of carbonyl (C=O) groups excluding carboxylic acids is 3. The van der Waals surface area contributed by atoms with Crippen LogP contribution in [0.25, 0.3) is 0 Å². The zero-order valence-electron chi connectivity index (χ0n) is 20.4. The van der Waals surface area contributed by atoms with Crippen molar-refractivity contribution in [1.29, 1.82) is 0 Å². The van der Waals surface area contributed by atoms with Crippen molar-refractivity contribution < 1.29 is 33.8 Å². The average molecular weight is 490 g/mol. The summed E-state index contributed by atoms with van der Waals surface area (Å²) in [4.78, 5) is 50.9. The molecular formula is C28H27NO7. The molecule has 0 aliphatic carbocycles. The van der Waals surface area contributed by atoms with Crippen LogP contribution in [0.5, 0.6) is 0 Å². The Morgan fingerprint density at radius 2 is 1.22 bits per heavy atom. The number of benzene rings is 3. The van der Waals surface area contributed by atoms with Crippen molar-refractivity contribution in [1.82, 2.24) is 0 Å². The molecule has 0 aliphatic heterocycles. The first-order valence-electron chi connectivity index (χ1n) is 11.2. The van der Waals surface area contributed by atoms with Crippen molar-refractivity contribution in [3.8, 4) is 0 Å². The highest BCUT2D eigenvalue weighted by Gasteiger charge is 2.41. The maximum Gasteiger partial charge on any atom is 0.349 e. The Morgan fingerprint density at radius 3 is 1.69 bits per heavy atom. The molecule has 186 valence electrons. The molecule has 0 radical (unpaired) electrons. The fourth-order valence-electron chi connectivity index (χ4n) is 3.44. The summed E-state index contributed by atoms with van der Waals surface area (Å²) in [6.07, 6.45) is -4.07. The highest BCUT2D eigenvalue weighted by Crippen LogP contribution is 2.19. The molecule has 0 saturated heterocycles. The van der Waals surface area contributed by atoms with Gasteiger partial charge in [0, 0.05) is 5.69 Å². The summed E-state index contributed by atoms with van der Waals surface area (Å²) in [5, 5.41) is 12.4. The Morgan fingerprint density at radius 1 is 0.694 bits per heavy atom. The molecule has 1 amide bonds. The molecule has 0 saturated carbocycles. The van der Waals surface area contributed by atoms with Gasteiger partial charge in [-0.25, -0.2) is 14.4 Å². The molecule has 3 rings (SSSR count). The van der Waals surface area contributed by atoms with E-state index in [1.165, 1.54) is 24.3 Å². The summed E-state index contributed by atoms with van der Waals surface area (Å²) >= 11 is 0. The van der Waals surface area contributed by atoms with Crippen LogP contribution in [0.15, 0.2) is 66.7 Å². The molecule has 8 nitrogen and oxygen atoms in total. The first-order chi connectivity index (χ1) is 17.0. The Bertz CT molecular complexity index is 1310. The lowest BCUT2D eigenvalue weighted by Gasteiger charge is -2.24. The maximum absolute atomic E-state index is 13.2. The Balaban J connectivity index is 1.93. The van der Waals surface area contributed by atoms with Gasteiger partial charge < -0.3 is 19.9 Å². The van der Waals surface area contributed by atoms with Gasteiger partial charge in [0.25, 0.3) is 5.91 Å². The largest absolute Gasteiger partial charge is 0.478 e. The van der Waals surface area contributed by atoms with Gasteiger partial charge in [-0.2, -0.15) is 0 Å². The molecule has 0 heterocycles. The van der Waals surface area contributed by atoms with E-state index in [2.05, 4.69) is 5.32 Å². The second-order valence-electron chi connectivity index (χ2n) is 8.52. The van der Waals surface area contributed by atoms with Gasteiger partial charge in [-0.15, -0.1) is 0 Å². The summed E-state index contributed by atoms with van der Waals surface area (Å²) in [7, 11) is 0. The minimum absolute atomic E-state index is 0.0968. The van der Waals surface area contributed by atoms with Crippen molar-refractivity contribution in [2.45, 2.75) is 39.9 Å². The molecule has 0 spiro atoms. The first kappa shape index (κ1) is 26.2. The molecule has 0 aromatic heterocycles. The number of amides is 1. The molecule has 3 aromatic carbocycles. The minimum Gasteiger partial charge on any atom is -0.478 e. The van der Waals surface area contributed by atoms with Crippen LogP contribution in [0.3, 0.4) is 0 Å². The average Bonchev–Trinajstić information content (AvgIpc) is 2.83. The number of carboxylic acids is 1. The monoisotopic (exact) mass is 489 g/mol. The molecular weight excluding hydrogens is 462 g/mol. The van der Waals surface area contributed by atoms with Gasteiger partial charge in [0.05, 0.1) is 11.1 Å². The summed E-state index contributed by atoms with van der Waals surface area (Å²) in [6.45, 7) is 7.28. The number of nitrogens with one attached hydrogen (secondary N) is 1. The van der Waals surface area contributed by atoms with Crippen LogP contribution >= 0.6 is 0 Å². The van der Waals surface area contributed by atoms with E-state index in [1.54, 1.807) is 56.3 Å². The molecule has 0 aliphatic rings. The number of carboxylic acid groups (broad SMARTS) is 1. The lowest BCUT2D eigenvalue weighted by Crippen LogP contribution is -2.48. The minimum atomic E-state index is -2.10. The van der Waals surface area contributed by atoms with Crippen LogP contribution in [0.2, 0.25) is 0 Å². The zero-order valence-corrected chi connectivity index (χ0v) is 20.4. The Hall–Kier alpha value is -4.46. The van der Waals surface area contributed by atoms with E-state index in [9.17, 15) is 24.3 Å². The van der Waals surface area contributed by atoms with Crippen LogP contribution in [-0.2, 0) is 19.1 Å². The van der Waals surface area contributed by atoms with Gasteiger partial charge >= 0.3 is 17.9 Å². The normalized spacial score (nSPS) is 12.2. The predicted molar refractivity (Wildman–Crippen MR) is 133 cm³/mol. The van der Waals surface area contributed by atoms with Crippen LogP contribution in [-0.4, -0.2) is 41.1 Å². The molecule has 0 bridgehead atoms. The number of ether oxygens (including phenoxy) is 2. The fourth-order valence-corrected chi connectivity index (χ4v) is 3.44. The summed E-state index contributed by atoms with van der Waals surface area (Å²) < 4.78 is 10.6. The van der Waals surface area contributed by atoms with Gasteiger partial charge in [0.15, 0.2) is 0 Å². The number of aryl methyl sites for hydroxylation is 4. The Kier molecular flexibility index (Phi) is 8.22. The Labute approximate surface area is 208 Å². The summed E-state index contributed by atoms with van der Waals surface area (Å²) in [5.74, 6) is -4.50. The highest BCUT2D eigenvalue weighted by molar-refractivity contribution is 6.01. The summed E-state index contributed by atoms with van der Waals surface area (Å²) in [5.41, 5.74) is 3.99. The number of aliphatic carboxylic acids is 1. The van der Waals surface area contributed by atoms with E-state index in [1.807, 2.05) is 13.8 Å². The van der Waals surface area contributed by atoms with Gasteiger partial charge in [-0.05, 0) is 75.2 Å². The van der Waals surface area contributed by atoms with Crippen molar-refractivity contribution in [3.63, 3.8) is 0 Å². The maximum atomic E-state index is 13.2. The van der Waals surface area contributed by atoms with Crippen LogP contribution in [0.4, 0.5) is 5.69 Å². The van der Waals surface area contributed by atoms with Gasteiger partial charge in [0.1, 0.15) is 0 Å². The molecule has 2 atom stereocenters. The third-order valence-corrected chi connectivity index (χ3v) is 5.53. The van der Waals surface area contributed by atoms with Crippen LogP contribution < -0.4 is 5.32 Å². The van der Waals surface area contributed by atoms with E-state index in [0.29, 0.717) is 5.69 Å². The molecule has 2 unspecified atom stereocenters. The number of hydrogen-bond donors (Lipinski definition) is 2. The molecule has 2 N–H and O–H groups in total. The second-order valence-corrected chi connectivity index (χ2v) is 8.52. The predicted octanol–water partition coefficient (Wildman–Crippen LogP) is 4.39. The van der Waals surface area contributed by atoms with Crippen molar-refractivity contribution in [2.75, 3.05) is 5.32 Å². The van der Waals surface area contributed by atoms with E-state index >= 15 is 0 Å². The third-order valence-electron chi connectivity index (χ3n) is 5.53. The van der Waals surface area contributed by atoms with Gasteiger partial charge in [-0.1, -0.05) is 41.5 Å². The standard InChI is InChI=1S/C28H27NO7/c1-16-7-5-9-20(13-16)27(33)35-23(25(30)29-22-12-11-18(3)19(4)15-22)24(26(31)32)36-28(34)21-10-6-8-17(2)14-21/h5-15,23-24H,1-4H3,(H,29,30)(H,31,32). The number of esters is 2. The topological polar surface area (TPSA) is 119 Å². The molecule has 3 aromatic rings. The lowest BCUT2D eigenvalue weighted by atomic mass is 10.1. The van der Waals surface area contributed by atoms with E-state index < -0.39 is 36.0 Å². The molecule has 0 fully saturated rings.